The summed E-state index contributed by atoms with van der Waals surface area (Å²) < 4.78 is 45.3. The quantitative estimate of drug-likeness (QED) is 0.589. The molecular weight excluding hydrogens is 311 g/mol. The first-order chi connectivity index (χ1) is 10.7. The maximum Gasteiger partial charge on any atom is 0.418 e. The largest absolute Gasteiger partial charge is 0.418 e. The van der Waals surface area contributed by atoms with E-state index >= 15 is 0 Å². The average molecular weight is 323 g/mol. The fourth-order valence-corrected chi connectivity index (χ4v) is 3.80. The number of halogens is 3. The Hall–Kier alpha value is -2.15. The predicted octanol–water partition coefficient (Wildman–Crippen LogP) is 2.54. The number of hydrogen-bond acceptors (Lipinski definition) is 3. The van der Waals surface area contributed by atoms with E-state index in [4.69, 9.17) is 4.74 Å². The molecule has 2 amide bonds. The summed E-state index contributed by atoms with van der Waals surface area (Å²) in [6.07, 6.45) is -1.79. The number of para-hydroxylation sites is 1. The SMILES string of the molecule is C[C@@]12C=C[C@@H](O1)[C@@H]1C(=O)N(c3ccccc3C(F)(F)F)C(=O)[C@H]12. The van der Waals surface area contributed by atoms with Gasteiger partial charge in [-0.15, -0.1) is 0 Å². The van der Waals surface area contributed by atoms with Crippen molar-refractivity contribution in [2.45, 2.75) is 24.8 Å². The monoisotopic (exact) mass is 323 g/mol. The molecule has 120 valence electrons. The van der Waals surface area contributed by atoms with Gasteiger partial charge in [0.25, 0.3) is 0 Å². The van der Waals surface area contributed by atoms with Crippen molar-refractivity contribution in [3.8, 4) is 0 Å². The van der Waals surface area contributed by atoms with Gasteiger partial charge in [-0.25, -0.2) is 4.90 Å². The van der Waals surface area contributed by atoms with Crippen molar-refractivity contribution >= 4 is 17.5 Å². The second kappa shape index (κ2) is 4.23. The summed E-state index contributed by atoms with van der Waals surface area (Å²) in [5.41, 5.74) is -2.33. The van der Waals surface area contributed by atoms with E-state index in [-0.39, 0.29) is 0 Å². The van der Waals surface area contributed by atoms with Gasteiger partial charge in [-0.2, -0.15) is 13.2 Å². The Bertz CT molecular complexity index is 757. The number of carbonyl (C=O) groups is 2. The van der Waals surface area contributed by atoms with Crippen LogP contribution in [0.4, 0.5) is 18.9 Å². The van der Waals surface area contributed by atoms with Crippen LogP contribution < -0.4 is 4.90 Å². The fraction of sp³-hybridized carbons (Fsp3) is 0.375. The van der Waals surface area contributed by atoms with Crippen LogP contribution in [0.3, 0.4) is 0 Å². The molecule has 1 aromatic rings. The Morgan fingerprint density at radius 3 is 2.52 bits per heavy atom. The first kappa shape index (κ1) is 14.4. The second-order valence-corrected chi connectivity index (χ2v) is 6.16. The summed E-state index contributed by atoms with van der Waals surface area (Å²) >= 11 is 0. The molecule has 2 fully saturated rings. The van der Waals surface area contributed by atoms with E-state index < -0.39 is 52.8 Å². The molecule has 3 aliphatic rings. The van der Waals surface area contributed by atoms with Crippen LogP contribution in [0.25, 0.3) is 0 Å². The third-order valence-electron chi connectivity index (χ3n) is 4.78. The Balaban J connectivity index is 1.82. The van der Waals surface area contributed by atoms with Crippen LogP contribution in [0.2, 0.25) is 0 Å². The van der Waals surface area contributed by atoms with Crippen molar-refractivity contribution in [1.29, 1.82) is 0 Å². The van der Waals surface area contributed by atoms with Crippen LogP contribution in [0.5, 0.6) is 0 Å². The smallest absolute Gasteiger partial charge is 0.362 e. The summed E-state index contributed by atoms with van der Waals surface area (Å²) in [5, 5.41) is 0. The number of rotatable bonds is 1. The molecule has 0 radical (unpaired) electrons. The standard InChI is InChI=1S/C16H12F3NO3/c1-15-7-6-10(23-15)11-12(15)14(22)20(13(11)21)9-5-3-2-4-8(9)16(17,18)19/h2-7,10-12H,1H3/t10-,11+,12+,15+/m1/s1. The number of nitrogens with zero attached hydrogens (tertiary/aromatic N) is 1. The number of carbonyl (C=O) groups excluding carboxylic acids is 2. The molecule has 7 heteroatoms. The normalized spacial score (nSPS) is 35.3. The van der Waals surface area contributed by atoms with Crippen molar-refractivity contribution in [3.05, 3.63) is 42.0 Å². The van der Waals surface area contributed by atoms with Gasteiger partial charge in [-0.3, -0.25) is 9.59 Å². The first-order valence-electron chi connectivity index (χ1n) is 7.15. The zero-order valence-electron chi connectivity index (χ0n) is 12.0. The number of hydrogen-bond donors (Lipinski definition) is 0. The molecule has 4 atom stereocenters. The Morgan fingerprint density at radius 1 is 1.17 bits per heavy atom. The Morgan fingerprint density at radius 2 is 1.87 bits per heavy atom. The third kappa shape index (κ3) is 1.77. The van der Waals surface area contributed by atoms with Crippen molar-refractivity contribution in [2.24, 2.45) is 11.8 Å². The summed E-state index contributed by atoms with van der Waals surface area (Å²) in [7, 11) is 0. The van der Waals surface area contributed by atoms with Crippen molar-refractivity contribution in [1.82, 2.24) is 0 Å². The van der Waals surface area contributed by atoms with Gasteiger partial charge >= 0.3 is 6.18 Å². The first-order valence-corrected chi connectivity index (χ1v) is 7.15. The highest BCUT2D eigenvalue weighted by atomic mass is 19.4. The number of anilines is 1. The zero-order valence-corrected chi connectivity index (χ0v) is 12.0. The highest BCUT2D eigenvalue weighted by Crippen LogP contribution is 2.53. The molecular formula is C16H12F3NO3. The van der Waals surface area contributed by atoms with Gasteiger partial charge in [0, 0.05) is 0 Å². The number of benzene rings is 1. The molecule has 23 heavy (non-hydrogen) atoms. The number of ether oxygens (including phenoxy) is 1. The molecule has 0 aliphatic carbocycles. The van der Waals surface area contributed by atoms with Gasteiger partial charge in [0.2, 0.25) is 11.8 Å². The Labute approximate surface area is 129 Å². The number of fused-ring (bicyclic) bond motifs is 5. The van der Waals surface area contributed by atoms with E-state index in [1.54, 1.807) is 19.1 Å². The van der Waals surface area contributed by atoms with E-state index in [2.05, 4.69) is 0 Å². The summed E-state index contributed by atoms with van der Waals surface area (Å²) in [6, 6.07) is 4.63. The van der Waals surface area contributed by atoms with Crippen molar-refractivity contribution in [3.63, 3.8) is 0 Å². The molecule has 2 bridgehead atoms. The molecule has 2 saturated heterocycles. The second-order valence-electron chi connectivity index (χ2n) is 6.16. The van der Waals surface area contributed by atoms with Gasteiger partial charge < -0.3 is 4.74 Å². The topological polar surface area (TPSA) is 46.6 Å². The maximum absolute atomic E-state index is 13.2. The van der Waals surface area contributed by atoms with E-state index in [1.807, 2.05) is 0 Å². The predicted molar refractivity (Wildman–Crippen MR) is 73.3 cm³/mol. The molecule has 0 saturated carbocycles. The fourth-order valence-electron chi connectivity index (χ4n) is 3.80. The molecule has 3 aliphatic heterocycles. The third-order valence-corrected chi connectivity index (χ3v) is 4.78. The summed E-state index contributed by atoms with van der Waals surface area (Å²) in [5.74, 6) is -2.79. The van der Waals surface area contributed by atoms with Gasteiger partial charge in [0.05, 0.1) is 34.8 Å². The maximum atomic E-state index is 13.2. The van der Waals surface area contributed by atoms with Crippen molar-refractivity contribution < 1.29 is 27.5 Å². The number of alkyl halides is 3. The van der Waals surface area contributed by atoms with Crippen LogP contribution in [0.1, 0.15) is 12.5 Å². The minimum absolute atomic E-state index is 0.410. The van der Waals surface area contributed by atoms with E-state index in [0.717, 1.165) is 12.1 Å². The summed E-state index contributed by atoms with van der Waals surface area (Å²) in [4.78, 5) is 26.0. The number of amides is 2. The van der Waals surface area contributed by atoms with Crippen molar-refractivity contribution in [2.75, 3.05) is 4.90 Å². The molecule has 4 rings (SSSR count). The average Bonchev–Trinajstić information content (AvgIpc) is 3.07. The van der Waals surface area contributed by atoms with Crippen LogP contribution in [-0.2, 0) is 20.5 Å². The molecule has 0 aromatic heterocycles. The minimum atomic E-state index is -4.65. The van der Waals surface area contributed by atoms with Gasteiger partial charge in [-0.1, -0.05) is 24.3 Å². The lowest BCUT2D eigenvalue weighted by Crippen LogP contribution is -2.39. The lowest BCUT2D eigenvalue weighted by atomic mass is 9.78. The molecule has 1 aromatic carbocycles. The highest BCUT2D eigenvalue weighted by Gasteiger charge is 2.66. The summed E-state index contributed by atoms with van der Waals surface area (Å²) in [6.45, 7) is 1.68. The van der Waals surface area contributed by atoms with E-state index in [0.29, 0.717) is 4.90 Å². The minimum Gasteiger partial charge on any atom is -0.362 e. The molecule has 4 nitrogen and oxygen atoms in total. The van der Waals surface area contributed by atoms with Gasteiger partial charge in [-0.05, 0) is 19.1 Å². The van der Waals surface area contributed by atoms with Crippen LogP contribution in [-0.4, -0.2) is 23.5 Å². The lowest BCUT2D eigenvalue weighted by Gasteiger charge is -2.25. The molecule has 0 spiro atoms. The molecule has 0 unspecified atom stereocenters. The highest BCUT2D eigenvalue weighted by molar-refractivity contribution is 6.23. The lowest BCUT2D eigenvalue weighted by molar-refractivity contribution is -0.137. The molecule has 0 N–H and O–H groups in total. The van der Waals surface area contributed by atoms with E-state index in [1.165, 1.54) is 12.1 Å². The van der Waals surface area contributed by atoms with Crippen LogP contribution >= 0.6 is 0 Å². The Kier molecular flexibility index (Phi) is 2.65. The number of imide groups is 1. The van der Waals surface area contributed by atoms with E-state index in [9.17, 15) is 22.8 Å². The van der Waals surface area contributed by atoms with Crippen LogP contribution in [0, 0.1) is 11.8 Å². The van der Waals surface area contributed by atoms with Gasteiger partial charge in [0.1, 0.15) is 0 Å². The zero-order chi connectivity index (χ0) is 16.6. The van der Waals surface area contributed by atoms with Gasteiger partial charge in [0.15, 0.2) is 0 Å². The van der Waals surface area contributed by atoms with Crippen LogP contribution in [0.15, 0.2) is 36.4 Å². The molecule has 3 heterocycles.